The van der Waals surface area contributed by atoms with Gasteiger partial charge in [-0.05, 0) is 19.4 Å². The molecule has 0 aliphatic carbocycles. The molecule has 1 rings (SSSR count). The molecule has 0 saturated heterocycles. The van der Waals surface area contributed by atoms with E-state index in [1.165, 1.54) is 7.11 Å². The number of hydrogen-bond donors (Lipinski definition) is 3. The second kappa shape index (κ2) is 8.74. The van der Waals surface area contributed by atoms with Crippen molar-refractivity contribution in [1.82, 2.24) is 10.6 Å². The smallest absolute Gasteiger partial charge is 0.221 e. The van der Waals surface area contributed by atoms with Crippen molar-refractivity contribution in [3.8, 4) is 11.5 Å². The van der Waals surface area contributed by atoms with Crippen LogP contribution < -0.4 is 15.4 Å². The molecule has 0 aromatic heterocycles. The highest BCUT2D eigenvalue weighted by atomic mass is 35.5. The maximum absolute atomic E-state index is 11.6. The van der Waals surface area contributed by atoms with Gasteiger partial charge in [-0.2, -0.15) is 0 Å². The standard InChI is InChI=1S/C15H23ClN2O3/c1-4-10(2)18-14(19)5-6-17-9-11-7-12(16)8-13(21-3)15(11)20/h7-8,10,17,20H,4-6,9H2,1-3H3,(H,18,19). The number of hydrogen-bond acceptors (Lipinski definition) is 4. The second-order valence-electron chi connectivity index (χ2n) is 4.92. The topological polar surface area (TPSA) is 70.6 Å². The summed E-state index contributed by atoms with van der Waals surface area (Å²) >= 11 is 5.95. The zero-order valence-corrected chi connectivity index (χ0v) is 13.5. The van der Waals surface area contributed by atoms with Crippen molar-refractivity contribution in [3.63, 3.8) is 0 Å². The van der Waals surface area contributed by atoms with Crippen LogP contribution in [0.4, 0.5) is 0 Å². The molecule has 5 nitrogen and oxygen atoms in total. The van der Waals surface area contributed by atoms with E-state index >= 15 is 0 Å². The molecule has 0 radical (unpaired) electrons. The first-order valence-electron chi connectivity index (χ1n) is 7.03. The van der Waals surface area contributed by atoms with E-state index in [9.17, 15) is 9.90 Å². The third-order valence-corrected chi connectivity index (χ3v) is 3.42. The van der Waals surface area contributed by atoms with Crippen LogP contribution in [0.15, 0.2) is 12.1 Å². The summed E-state index contributed by atoms with van der Waals surface area (Å²) in [6.45, 7) is 4.94. The summed E-state index contributed by atoms with van der Waals surface area (Å²) in [6, 6.07) is 3.42. The zero-order chi connectivity index (χ0) is 15.8. The maximum Gasteiger partial charge on any atom is 0.221 e. The lowest BCUT2D eigenvalue weighted by Gasteiger charge is -2.12. The van der Waals surface area contributed by atoms with Gasteiger partial charge < -0.3 is 20.5 Å². The minimum Gasteiger partial charge on any atom is -0.504 e. The first-order chi connectivity index (χ1) is 9.97. The molecular formula is C15H23ClN2O3. The third-order valence-electron chi connectivity index (χ3n) is 3.20. The molecule has 21 heavy (non-hydrogen) atoms. The van der Waals surface area contributed by atoms with Gasteiger partial charge in [0.25, 0.3) is 0 Å². The molecule has 1 unspecified atom stereocenters. The Kier molecular flexibility index (Phi) is 7.32. The van der Waals surface area contributed by atoms with Gasteiger partial charge >= 0.3 is 0 Å². The quantitative estimate of drug-likeness (QED) is 0.645. The van der Waals surface area contributed by atoms with Gasteiger partial charge in [-0.3, -0.25) is 4.79 Å². The van der Waals surface area contributed by atoms with Crippen LogP contribution in [0.1, 0.15) is 32.3 Å². The van der Waals surface area contributed by atoms with Crippen LogP contribution in [-0.4, -0.2) is 30.7 Å². The Morgan fingerprint density at radius 1 is 1.48 bits per heavy atom. The number of phenolic OH excluding ortho intramolecular Hbond substituents is 1. The van der Waals surface area contributed by atoms with Crippen LogP contribution in [0.25, 0.3) is 0 Å². The number of rotatable bonds is 8. The van der Waals surface area contributed by atoms with E-state index in [0.717, 1.165) is 6.42 Å². The number of methoxy groups -OCH3 is 1. The number of carbonyl (C=O) groups excluding carboxylic acids is 1. The van der Waals surface area contributed by atoms with Crippen molar-refractivity contribution in [2.75, 3.05) is 13.7 Å². The van der Waals surface area contributed by atoms with E-state index < -0.39 is 0 Å². The van der Waals surface area contributed by atoms with Crippen LogP contribution in [0.5, 0.6) is 11.5 Å². The Hall–Kier alpha value is -1.46. The van der Waals surface area contributed by atoms with Crippen molar-refractivity contribution in [2.24, 2.45) is 0 Å². The Morgan fingerprint density at radius 3 is 2.81 bits per heavy atom. The van der Waals surface area contributed by atoms with Gasteiger partial charge in [0.15, 0.2) is 11.5 Å². The fourth-order valence-electron chi connectivity index (χ4n) is 1.79. The van der Waals surface area contributed by atoms with Crippen molar-refractivity contribution < 1.29 is 14.6 Å². The van der Waals surface area contributed by atoms with E-state index in [-0.39, 0.29) is 17.7 Å². The van der Waals surface area contributed by atoms with E-state index in [2.05, 4.69) is 10.6 Å². The van der Waals surface area contributed by atoms with Crippen LogP contribution in [-0.2, 0) is 11.3 Å². The molecule has 0 fully saturated rings. The Balaban J connectivity index is 2.43. The van der Waals surface area contributed by atoms with Crippen LogP contribution >= 0.6 is 11.6 Å². The largest absolute Gasteiger partial charge is 0.504 e. The lowest BCUT2D eigenvalue weighted by Crippen LogP contribution is -2.33. The van der Waals surface area contributed by atoms with Crippen molar-refractivity contribution in [3.05, 3.63) is 22.7 Å². The van der Waals surface area contributed by atoms with Gasteiger partial charge in [-0.1, -0.05) is 18.5 Å². The Bertz CT molecular complexity index is 480. The molecule has 0 spiro atoms. The highest BCUT2D eigenvalue weighted by molar-refractivity contribution is 6.30. The Morgan fingerprint density at radius 2 is 2.19 bits per heavy atom. The number of carbonyl (C=O) groups is 1. The van der Waals surface area contributed by atoms with E-state index in [0.29, 0.717) is 35.8 Å². The lowest BCUT2D eigenvalue weighted by molar-refractivity contribution is -0.121. The SMILES string of the molecule is CCC(C)NC(=O)CCNCc1cc(Cl)cc(OC)c1O. The van der Waals surface area contributed by atoms with Crippen molar-refractivity contribution in [1.29, 1.82) is 0 Å². The van der Waals surface area contributed by atoms with Crippen LogP contribution in [0.2, 0.25) is 5.02 Å². The third kappa shape index (κ3) is 5.81. The number of nitrogens with one attached hydrogen (secondary N) is 2. The molecule has 0 aliphatic rings. The highest BCUT2D eigenvalue weighted by Crippen LogP contribution is 2.33. The number of aromatic hydroxyl groups is 1. The second-order valence-corrected chi connectivity index (χ2v) is 5.36. The minimum atomic E-state index is 0.0183. The summed E-state index contributed by atoms with van der Waals surface area (Å²) in [6.07, 6.45) is 1.30. The predicted octanol–water partition coefficient (Wildman–Crippen LogP) is 2.45. The lowest BCUT2D eigenvalue weighted by atomic mass is 10.2. The molecule has 1 aromatic carbocycles. The number of halogens is 1. The van der Waals surface area contributed by atoms with Gasteiger partial charge in [-0.15, -0.1) is 0 Å². The number of benzene rings is 1. The van der Waals surface area contributed by atoms with E-state index in [1.807, 2.05) is 13.8 Å². The van der Waals surface area contributed by atoms with E-state index in [4.69, 9.17) is 16.3 Å². The van der Waals surface area contributed by atoms with E-state index in [1.54, 1.807) is 12.1 Å². The molecule has 118 valence electrons. The van der Waals surface area contributed by atoms with Gasteiger partial charge in [0, 0.05) is 42.2 Å². The average molecular weight is 315 g/mol. The Labute approximate surface area is 130 Å². The molecule has 1 amide bonds. The molecule has 1 aromatic rings. The van der Waals surface area contributed by atoms with Crippen molar-refractivity contribution in [2.45, 2.75) is 39.3 Å². The fourth-order valence-corrected chi connectivity index (χ4v) is 2.02. The summed E-state index contributed by atoms with van der Waals surface area (Å²) in [5.41, 5.74) is 0.640. The van der Waals surface area contributed by atoms with Gasteiger partial charge in [0.05, 0.1) is 7.11 Å². The molecule has 0 aliphatic heterocycles. The van der Waals surface area contributed by atoms with Crippen molar-refractivity contribution >= 4 is 17.5 Å². The van der Waals surface area contributed by atoms with Gasteiger partial charge in [-0.25, -0.2) is 0 Å². The maximum atomic E-state index is 11.6. The molecule has 0 saturated carbocycles. The molecular weight excluding hydrogens is 292 g/mol. The summed E-state index contributed by atoms with van der Waals surface area (Å²) < 4.78 is 5.04. The fraction of sp³-hybridized carbons (Fsp3) is 0.533. The van der Waals surface area contributed by atoms with Crippen LogP contribution in [0.3, 0.4) is 0 Å². The van der Waals surface area contributed by atoms with Crippen LogP contribution in [0, 0.1) is 0 Å². The number of amides is 1. The number of phenols is 1. The average Bonchev–Trinajstić information content (AvgIpc) is 2.46. The molecule has 0 bridgehead atoms. The summed E-state index contributed by atoms with van der Waals surface area (Å²) in [7, 11) is 1.47. The molecule has 0 heterocycles. The molecule has 1 atom stereocenters. The normalized spacial score (nSPS) is 12.0. The minimum absolute atomic E-state index is 0.0183. The highest BCUT2D eigenvalue weighted by Gasteiger charge is 2.10. The molecule has 6 heteroatoms. The zero-order valence-electron chi connectivity index (χ0n) is 12.7. The van der Waals surface area contributed by atoms with Gasteiger partial charge in [0.2, 0.25) is 5.91 Å². The van der Waals surface area contributed by atoms with Gasteiger partial charge in [0.1, 0.15) is 0 Å². The summed E-state index contributed by atoms with van der Waals surface area (Å²) in [4.78, 5) is 11.6. The number of ether oxygens (including phenoxy) is 1. The summed E-state index contributed by atoms with van der Waals surface area (Å²) in [5.74, 6) is 0.428. The first kappa shape index (κ1) is 17.6. The summed E-state index contributed by atoms with van der Waals surface area (Å²) in [5, 5.41) is 16.5. The molecule has 3 N–H and O–H groups in total. The predicted molar refractivity (Wildman–Crippen MR) is 83.9 cm³/mol. The first-order valence-corrected chi connectivity index (χ1v) is 7.41. The monoisotopic (exact) mass is 314 g/mol.